The molecule has 0 saturated carbocycles. The van der Waals surface area contributed by atoms with Crippen molar-refractivity contribution >= 4 is 5.78 Å². The number of nitrogens with one attached hydrogen (secondary N) is 2. The molecular weight excluding hydrogens is 304 g/mol. The molecule has 5 heteroatoms. The molecule has 2 unspecified atom stereocenters. The summed E-state index contributed by atoms with van der Waals surface area (Å²) in [7, 11) is 0. The summed E-state index contributed by atoms with van der Waals surface area (Å²) in [4.78, 5) is 16.0. The lowest BCUT2D eigenvalue weighted by atomic mass is 9.59. The van der Waals surface area contributed by atoms with Crippen LogP contribution in [0.15, 0.2) is 18.2 Å². The van der Waals surface area contributed by atoms with Gasteiger partial charge in [-0.2, -0.15) is 0 Å². The lowest BCUT2D eigenvalue weighted by Crippen LogP contribution is -3.41. The van der Waals surface area contributed by atoms with Crippen LogP contribution in [0.1, 0.15) is 44.8 Å². The van der Waals surface area contributed by atoms with Crippen LogP contribution in [0.2, 0.25) is 0 Å². The Morgan fingerprint density at radius 3 is 2.42 bits per heavy atom. The van der Waals surface area contributed by atoms with E-state index in [1.165, 1.54) is 15.9 Å². The highest BCUT2D eigenvalue weighted by atomic mass is 16.3. The fraction of sp³-hybridized carbons (Fsp3) is 0.632. The van der Waals surface area contributed by atoms with E-state index in [1.54, 1.807) is 6.07 Å². The van der Waals surface area contributed by atoms with Crippen molar-refractivity contribution in [1.29, 1.82) is 0 Å². The van der Waals surface area contributed by atoms with Gasteiger partial charge >= 0.3 is 0 Å². The molecule has 4 fully saturated rings. The largest absolute Gasteiger partial charge is 0.508 e. The molecular formula is C19H28N2O3+2. The third-order valence-electron chi connectivity index (χ3n) is 6.55. The minimum Gasteiger partial charge on any atom is -0.508 e. The Hall–Kier alpha value is -1.59. The Kier molecular flexibility index (Phi) is 3.45. The number of benzene rings is 1. The van der Waals surface area contributed by atoms with E-state index in [1.807, 2.05) is 6.07 Å². The SMILES string of the molecule is CCCCC12C[NH+]3CC(C)(C[NH+](C1)C3c1ccc(O)cc1O)C2=O. The van der Waals surface area contributed by atoms with Crippen molar-refractivity contribution in [2.24, 2.45) is 10.8 Å². The minimum atomic E-state index is -0.224. The number of ketones is 1. The number of rotatable bonds is 4. The van der Waals surface area contributed by atoms with E-state index >= 15 is 0 Å². The number of phenolic OH excluding ortho intramolecular Hbond substituents is 2. The highest BCUT2D eigenvalue weighted by Gasteiger charge is 2.69. The van der Waals surface area contributed by atoms with Gasteiger partial charge in [0.05, 0.1) is 0 Å². The number of hydrogen-bond acceptors (Lipinski definition) is 3. The number of quaternary nitrogens is 2. The molecule has 130 valence electrons. The third kappa shape index (κ3) is 2.11. The number of phenols is 2. The maximum absolute atomic E-state index is 13.2. The lowest BCUT2D eigenvalue weighted by Gasteiger charge is -2.59. The Morgan fingerprint density at radius 1 is 1.17 bits per heavy atom. The zero-order valence-electron chi connectivity index (χ0n) is 14.6. The Bertz CT molecular complexity index is 671. The molecule has 4 aliphatic heterocycles. The molecule has 4 heterocycles. The topological polar surface area (TPSA) is 66.4 Å². The molecule has 4 aliphatic rings. The van der Waals surface area contributed by atoms with Crippen LogP contribution in [0.4, 0.5) is 0 Å². The van der Waals surface area contributed by atoms with Crippen molar-refractivity contribution in [1.82, 2.24) is 0 Å². The summed E-state index contributed by atoms with van der Waals surface area (Å²) < 4.78 is 0. The maximum atomic E-state index is 13.2. The quantitative estimate of drug-likeness (QED) is 0.610. The number of carbonyl (C=O) groups is 1. The fourth-order valence-corrected chi connectivity index (χ4v) is 5.80. The van der Waals surface area contributed by atoms with Gasteiger partial charge in [0.15, 0.2) is 5.78 Å². The van der Waals surface area contributed by atoms with Crippen molar-refractivity contribution in [3.63, 3.8) is 0 Å². The summed E-state index contributed by atoms with van der Waals surface area (Å²) in [5.41, 5.74) is 0.505. The van der Waals surface area contributed by atoms with Crippen LogP contribution in [-0.2, 0) is 4.79 Å². The first kappa shape index (κ1) is 15.9. The van der Waals surface area contributed by atoms with Gasteiger partial charge in [-0.1, -0.05) is 19.8 Å². The van der Waals surface area contributed by atoms with Gasteiger partial charge in [0.2, 0.25) is 6.17 Å². The average Bonchev–Trinajstić information content (AvgIpc) is 2.51. The van der Waals surface area contributed by atoms with E-state index in [4.69, 9.17) is 0 Å². The highest BCUT2D eigenvalue weighted by molar-refractivity contribution is 5.91. The first-order valence-corrected chi connectivity index (χ1v) is 9.14. The molecule has 0 radical (unpaired) electrons. The second kappa shape index (κ2) is 5.20. The van der Waals surface area contributed by atoms with Crippen LogP contribution >= 0.6 is 0 Å². The van der Waals surface area contributed by atoms with Gasteiger partial charge in [-0.3, -0.25) is 14.6 Å². The fourth-order valence-electron chi connectivity index (χ4n) is 5.80. The van der Waals surface area contributed by atoms with Gasteiger partial charge in [-0.05, 0) is 25.5 Å². The van der Waals surface area contributed by atoms with Crippen molar-refractivity contribution in [3.05, 3.63) is 23.8 Å². The molecule has 2 atom stereocenters. The van der Waals surface area contributed by atoms with Crippen molar-refractivity contribution < 1.29 is 24.8 Å². The van der Waals surface area contributed by atoms with Crippen LogP contribution in [0.3, 0.4) is 0 Å². The van der Waals surface area contributed by atoms with Gasteiger partial charge < -0.3 is 10.2 Å². The predicted molar refractivity (Wildman–Crippen MR) is 89.0 cm³/mol. The Morgan fingerprint density at radius 2 is 1.83 bits per heavy atom. The number of hydrogen-bond donors (Lipinski definition) is 4. The second-order valence-electron chi connectivity index (χ2n) is 8.47. The molecule has 4 N–H and O–H groups in total. The highest BCUT2D eigenvalue weighted by Crippen LogP contribution is 2.40. The number of carbonyl (C=O) groups excluding carboxylic acids is 1. The molecule has 0 amide bonds. The van der Waals surface area contributed by atoms with Gasteiger partial charge in [0.1, 0.15) is 54.1 Å². The average molecular weight is 332 g/mol. The molecule has 24 heavy (non-hydrogen) atoms. The summed E-state index contributed by atoms with van der Waals surface area (Å²) in [6.07, 6.45) is 3.40. The zero-order chi connectivity index (χ0) is 17.1. The van der Waals surface area contributed by atoms with Crippen LogP contribution in [0, 0.1) is 10.8 Å². The van der Waals surface area contributed by atoms with E-state index in [-0.39, 0.29) is 28.5 Å². The van der Waals surface area contributed by atoms with Gasteiger partial charge in [0, 0.05) is 6.07 Å². The van der Waals surface area contributed by atoms with E-state index in [0.717, 1.165) is 51.0 Å². The normalized spacial score (nSPS) is 40.2. The molecule has 1 aromatic rings. The zero-order valence-corrected chi connectivity index (χ0v) is 14.6. The summed E-state index contributed by atoms with van der Waals surface area (Å²) in [5, 5.41) is 19.9. The smallest absolute Gasteiger partial charge is 0.243 e. The van der Waals surface area contributed by atoms with Crippen LogP contribution in [-0.4, -0.2) is 42.2 Å². The molecule has 0 aromatic heterocycles. The third-order valence-corrected chi connectivity index (χ3v) is 6.55. The number of piperidine rings is 2. The summed E-state index contributed by atoms with van der Waals surface area (Å²) in [6, 6.07) is 4.93. The predicted octanol–water partition coefficient (Wildman–Crippen LogP) is -0.341. The van der Waals surface area contributed by atoms with Crippen molar-refractivity contribution in [2.75, 3.05) is 26.2 Å². The Labute approximate surface area is 142 Å². The molecule has 0 spiro atoms. The summed E-state index contributed by atoms with van der Waals surface area (Å²) in [5.74, 6) is 0.757. The summed E-state index contributed by atoms with van der Waals surface area (Å²) in [6.45, 7) is 7.81. The van der Waals surface area contributed by atoms with Gasteiger partial charge in [0.25, 0.3) is 0 Å². The van der Waals surface area contributed by atoms with Crippen LogP contribution in [0.5, 0.6) is 11.5 Å². The van der Waals surface area contributed by atoms with Crippen molar-refractivity contribution in [2.45, 2.75) is 39.3 Å². The first-order chi connectivity index (χ1) is 11.4. The number of aromatic hydroxyl groups is 2. The summed E-state index contributed by atoms with van der Waals surface area (Å²) >= 11 is 0. The minimum absolute atomic E-state index is 0.0941. The van der Waals surface area contributed by atoms with E-state index in [0.29, 0.717) is 5.78 Å². The van der Waals surface area contributed by atoms with Crippen LogP contribution < -0.4 is 9.80 Å². The molecule has 5 rings (SSSR count). The number of unbranched alkanes of at least 4 members (excludes halogenated alkanes) is 1. The van der Waals surface area contributed by atoms with E-state index < -0.39 is 0 Å². The molecule has 5 nitrogen and oxygen atoms in total. The van der Waals surface area contributed by atoms with Crippen molar-refractivity contribution in [3.8, 4) is 11.5 Å². The molecule has 4 bridgehead atoms. The molecule has 1 aromatic carbocycles. The second-order valence-corrected chi connectivity index (χ2v) is 8.47. The standard InChI is InChI=1S/C19H26N2O3/c1-3-4-7-19-11-20-9-18(2,17(19)24)10-21(12-19)16(20)14-6-5-13(22)8-15(14)23/h5-6,8,16,22-23H,3-4,7,9-12H2,1-2H3/p+2. The Balaban J connectivity index is 1.71. The molecule has 4 saturated heterocycles. The van der Waals surface area contributed by atoms with E-state index in [2.05, 4.69) is 13.8 Å². The number of Topliss-reactive ketones (excluding diaryl/α,β-unsaturated/α-hetero) is 1. The van der Waals surface area contributed by atoms with Crippen LogP contribution in [0.25, 0.3) is 0 Å². The van der Waals surface area contributed by atoms with E-state index in [9.17, 15) is 15.0 Å². The maximum Gasteiger partial charge on any atom is 0.243 e. The molecule has 0 aliphatic carbocycles. The van der Waals surface area contributed by atoms with Gasteiger partial charge in [-0.25, -0.2) is 0 Å². The monoisotopic (exact) mass is 332 g/mol. The first-order valence-electron chi connectivity index (χ1n) is 9.14. The lowest BCUT2D eigenvalue weighted by molar-refractivity contribution is -1.18. The van der Waals surface area contributed by atoms with Gasteiger partial charge in [-0.15, -0.1) is 0 Å².